The molecule has 0 heterocycles. The summed E-state index contributed by atoms with van der Waals surface area (Å²) in [4.78, 5) is 11.1. The Hall–Kier alpha value is -1.68. The fourth-order valence-electron chi connectivity index (χ4n) is 1.07. The largest absolute Gasteiger partial charge is 0.303 e. The van der Waals surface area contributed by atoms with Gasteiger partial charge in [-0.1, -0.05) is 11.6 Å². The number of ketones is 1. The maximum absolute atomic E-state index is 11.1. The first-order chi connectivity index (χ1) is 7.50. The summed E-state index contributed by atoms with van der Waals surface area (Å²) in [5.41, 5.74) is 3.67. The monoisotopic (exact) mass is 237 g/mol. The Morgan fingerprint density at radius 3 is 2.31 bits per heavy atom. The number of nitrogens with zero attached hydrogens (tertiary/aromatic N) is 1. The molecule has 0 saturated carbocycles. The van der Waals surface area contributed by atoms with E-state index >= 15 is 0 Å². The molecule has 0 aliphatic rings. The third-order valence-electron chi connectivity index (χ3n) is 1.83. The zero-order valence-electron chi connectivity index (χ0n) is 9.04. The van der Waals surface area contributed by atoms with Crippen molar-refractivity contribution in [3.63, 3.8) is 0 Å². The van der Waals surface area contributed by atoms with Crippen LogP contribution in [0.1, 0.15) is 13.8 Å². The molecule has 0 unspecified atom stereocenters. The lowest BCUT2D eigenvalue weighted by atomic mass is 10.2. The summed E-state index contributed by atoms with van der Waals surface area (Å²) in [5.74, 6) is -0.242. The van der Waals surface area contributed by atoms with E-state index in [0.717, 1.165) is 0 Å². The minimum atomic E-state index is -0.242. The second-order valence-electron chi connectivity index (χ2n) is 3.26. The highest BCUT2D eigenvalue weighted by atomic mass is 35.5. The highest BCUT2D eigenvalue weighted by Gasteiger charge is 2.07. The van der Waals surface area contributed by atoms with Crippen molar-refractivity contribution in [3.05, 3.63) is 29.3 Å². The normalized spacial score (nSPS) is 11.1. The van der Waals surface area contributed by atoms with Crippen molar-refractivity contribution in [1.82, 2.24) is 0 Å². The van der Waals surface area contributed by atoms with Gasteiger partial charge < -0.3 is 5.41 Å². The van der Waals surface area contributed by atoms with Crippen LogP contribution in [-0.4, -0.2) is 17.2 Å². The molecule has 0 radical (unpaired) electrons. The SMILES string of the molecule is CC(=N)C(=NNc1ccc(Cl)cc1)C(C)=O. The van der Waals surface area contributed by atoms with Crippen LogP contribution in [0.2, 0.25) is 5.02 Å². The Kier molecular flexibility index (Phi) is 4.19. The molecule has 0 aromatic heterocycles. The van der Waals surface area contributed by atoms with E-state index in [-0.39, 0.29) is 17.2 Å². The number of benzene rings is 1. The van der Waals surface area contributed by atoms with E-state index in [1.54, 1.807) is 24.3 Å². The van der Waals surface area contributed by atoms with Crippen LogP contribution >= 0.6 is 11.6 Å². The first kappa shape index (κ1) is 12.4. The van der Waals surface area contributed by atoms with Gasteiger partial charge in [0.1, 0.15) is 5.71 Å². The second kappa shape index (κ2) is 5.42. The average Bonchev–Trinajstić information content (AvgIpc) is 2.20. The summed E-state index contributed by atoms with van der Waals surface area (Å²) in [5, 5.41) is 11.9. The summed E-state index contributed by atoms with van der Waals surface area (Å²) in [6.45, 7) is 2.89. The van der Waals surface area contributed by atoms with E-state index in [1.165, 1.54) is 13.8 Å². The Balaban J connectivity index is 2.81. The highest BCUT2D eigenvalue weighted by Crippen LogP contribution is 2.13. The Labute approximate surface area is 98.8 Å². The number of rotatable bonds is 4. The van der Waals surface area contributed by atoms with E-state index in [0.29, 0.717) is 10.7 Å². The lowest BCUT2D eigenvalue weighted by molar-refractivity contribution is -0.110. The summed E-state index contributed by atoms with van der Waals surface area (Å²) in [6, 6.07) is 6.90. The van der Waals surface area contributed by atoms with E-state index in [2.05, 4.69) is 10.5 Å². The Bertz CT molecular complexity index is 421. The number of anilines is 1. The third kappa shape index (κ3) is 3.47. The van der Waals surface area contributed by atoms with Crippen LogP contribution in [0, 0.1) is 5.41 Å². The van der Waals surface area contributed by atoms with E-state index in [9.17, 15) is 4.79 Å². The quantitative estimate of drug-likeness (QED) is 0.625. The van der Waals surface area contributed by atoms with Crippen molar-refractivity contribution >= 4 is 34.5 Å². The maximum atomic E-state index is 11.1. The van der Waals surface area contributed by atoms with Crippen molar-refractivity contribution in [1.29, 1.82) is 5.41 Å². The number of hydrazone groups is 1. The number of hydrogen-bond acceptors (Lipinski definition) is 4. The molecule has 0 spiro atoms. The molecule has 4 nitrogen and oxygen atoms in total. The predicted molar refractivity (Wildman–Crippen MR) is 66.6 cm³/mol. The minimum Gasteiger partial charge on any atom is -0.303 e. The lowest BCUT2D eigenvalue weighted by Crippen LogP contribution is -2.19. The molecule has 84 valence electrons. The van der Waals surface area contributed by atoms with Gasteiger partial charge in [-0.05, 0) is 31.2 Å². The van der Waals surface area contributed by atoms with Gasteiger partial charge in [0.15, 0.2) is 5.78 Å². The maximum Gasteiger partial charge on any atom is 0.181 e. The molecule has 0 aliphatic heterocycles. The molecule has 0 saturated heterocycles. The molecule has 5 heteroatoms. The first-order valence-electron chi connectivity index (χ1n) is 4.66. The molecule has 0 fully saturated rings. The molecule has 2 N–H and O–H groups in total. The van der Waals surface area contributed by atoms with E-state index in [4.69, 9.17) is 17.0 Å². The Morgan fingerprint density at radius 2 is 1.88 bits per heavy atom. The predicted octanol–water partition coefficient (Wildman–Crippen LogP) is 2.74. The van der Waals surface area contributed by atoms with Crippen LogP contribution < -0.4 is 5.43 Å². The molecule has 1 rings (SSSR count). The molecular formula is C11H12ClN3O. The zero-order valence-corrected chi connectivity index (χ0v) is 9.80. The minimum absolute atomic E-state index is 0.120. The lowest BCUT2D eigenvalue weighted by Gasteiger charge is -2.03. The average molecular weight is 238 g/mol. The Morgan fingerprint density at radius 1 is 1.31 bits per heavy atom. The standard InChI is InChI=1S/C11H12ClN3O/c1-7(13)11(8(2)16)15-14-10-5-3-9(12)4-6-10/h3-6,13-14H,1-2H3. The molecule has 16 heavy (non-hydrogen) atoms. The number of hydrogen-bond donors (Lipinski definition) is 2. The summed E-state index contributed by atoms with van der Waals surface area (Å²) in [6.07, 6.45) is 0. The molecule has 0 amide bonds. The summed E-state index contributed by atoms with van der Waals surface area (Å²) < 4.78 is 0. The van der Waals surface area contributed by atoms with E-state index in [1.807, 2.05) is 0 Å². The van der Waals surface area contributed by atoms with Crippen LogP contribution in [0.3, 0.4) is 0 Å². The smallest absolute Gasteiger partial charge is 0.181 e. The van der Waals surface area contributed by atoms with Gasteiger partial charge in [0.2, 0.25) is 0 Å². The second-order valence-corrected chi connectivity index (χ2v) is 3.70. The molecule has 0 bridgehead atoms. The molecular weight excluding hydrogens is 226 g/mol. The van der Waals surface area contributed by atoms with Gasteiger partial charge in [0.25, 0.3) is 0 Å². The van der Waals surface area contributed by atoms with E-state index < -0.39 is 0 Å². The number of Topliss-reactive ketones (excluding diaryl/α,β-unsaturated/α-hetero) is 1. The van der Waals surface area contributed by atoms with Gasteiger partial charge in [-0.25, -0.2) is 0 Å². The van der Waals surface area contributed by atoms with Gasteiger partial charge in [0, 0.05) is 11.9 Å². The number of nitrogens with one attached hydrogen (secondary N) is 2. The van der Waals surface area contributed by atoms with Crippen LogP contribution in [-0.2, 0) is 4.79 Å². The molecule has 0 atom stereocenters. The van der Waals surface area contributed by atoms with Crippen molar-refractivity contribution in [2.24, 2.45) is 5.10 Å². The zero-order chi connectivity index (χ0) is 12.1. The topological polar surface area (TPSA) is 65.3 Å². The van der Waals surface area contributed by atoms with Crippen LogP contribution in [0.5, 0.6) is 0 Å². The van der Waals surface area contributed by atoms with Crippen molar-refractivity contribution < 1.29 is 4.79 Å². The highest BCUT2D eigenvalue weighted by molar-refractivity contribution is 6.66. The van der Waals surface area contributed by atoms with Crippen LogP contribution in [0.25, 0.3) is 0 Å². The number of halogens is 1. The van der Waals surface area contributed by atoms with Crippen molar-refractivity contribution in [2.45, 2.75) is 13.8 Å². The van der Waals surface area contributed by atoms with Crippen LogP contribution in [0.4, 0.5) is 5.69 Å². The number of carbonyl (C=O) groups excluding carboxylic acids is 1. The van der Waals surface area contributed by atoms with Crippen LogP contribution in [0.15, 0.2) is 29.4 Å². The molecule has 1 aromatic carbocycles. The first-order valence-corrected chi connectivity index (χ1v) is 5.04. The number of carbonyl (C=O) groups is 1. The van der Waals surface area contributed by atoms with Gasteiger partial charge in [0.05, 0.1) is 11.4 Å². The third-order valence-corrected chi connectivity index (χ3v) is 2.08. The van der Waals surface area contributed by atoms with Crippen molar-refractivity contribution in [2.75, 3.05) is 5.43 Å². The summed E-state index contributed by atoms with van der Waals surface area (Å²) in [7, 11) is 0. The summed E-state index contributed by atoms with van der Waals surface area (Å²) >= 11 is 5.72. The van der Waals surface area contributed by atoms with Gasteiger partial charge in [-0.2, -0.15) is 5.10 Å². The fourth-order valence-corrected chi connectivity index (χ4v) is 1.20. The molecule has 0 aliphatic carbocycles. The fraction of sp³-hybridized carbons (Fsp3) is 0.182. The van der Waals surface area contributed by atoms with Gasteiger partial charge >= 0.3 is 0 Å². The van der Waals surface area contributed by atoms with Gasteiger partial charge in [-0.15, -0.1) is 0 Å². The molecule has 1 aromatic rings. The van der Waals surface area contributed by atoms with Gasteiger partial charge in [-0.3, -0.25) is 10.2 Å². The van der Waals surface area contributed by atoms with Crippen molar-refractivity contribution in [3.8, 4) is 0 Å².